The summed E-state index contributed by atoms with van der Waals surface area (Å²) in [7, 11) is 0. The second-order valence-corrected chi connectivity index (χ2v) is 4.34. The van der Waals surface area contributed by atoms with E-state index in [0.717, 1.165) is 16.9 Å². The molecule has 1 aromatic carbocycles. The van der Waals surface area contributed by atoms with Crippen molar-refractivity contribution in [2.75, 3.05) is 0 Å². The topological polar surface area (TPSA) is 61.2 Å². The summed E-state index contributed by atoms with van der Waals surface area (Å²) in [4.78, 5) is 25.4. The van der Waals surface area contributed by atoms with Crippen LogP contribution in [0.1, 0.15) is 35.7 Å². The number of nitriles is 1. The van der Waals surface area contributed by atoms with Crippen molar-refractivity contribution in [1.82, 2.24) is 4.90 Å². The van der Waals surface area contributed by atoms with Crippen molar-refractivity contribution in [3.8, 4) is 6.07 Å². The van der Waals surface area contributed by atoms with Gasteiger partial charge in [-0.05, 0) is 18.1 Å². The molecule has 0 saturated heterocycles. The van der Waals surface area contributed by atoms with Crippen LogP contribution in [0.15, 0.2) is 24.3 Å². The number of fused-ring (bicyclic) bond motifs is 1. The first-order valence-electron chi connectivity index (χ1n) is 6.03. The zero-order chi connectivity index (χ0) is 13.1. The first kappa shape index (κ1) is 12.3. The van der Waals surface area contributed by atoms with Gasteiger partial charge < -0.3 is 0 Å². The van der Waals surface area contributed by atoms with Gasteiger partial charge in [0, 0.05) is 5.56 Å². The van der Waals surface area contributed by atoms with Crippen LogP contribution in [-0.4, -0.2) is 22.8 Å². The van der Waals surface area contributed by atoms with E-state index in [2.05, 4.69) is 0 Å². The molecule has 0 bridgehead atoms. The van der Waals surface area contributed by atoms with Gasteiger partial charge >= 0.3 is 0 Å². The maximum absolute atomic E-state index is 12.3. The fraction of sp³-hybridized carbons (Fsp3) is 0.357. The van der Waals surface area contributed by atoms with Crippen LogP contribution in [-0.2, 0) is 11.2 Å². The van der Waals surface area contributed by atoms with Crippen LogP contribution >= 0.6 is 0 Å². The number of hydrogen-bond donors (Lipinski definition) is 0. The molecule has 92 valence electrons. The average molecular weight is 242 g/mol. The number of carbonyl (C=O) groups is 2. The maximum Gasteiger partial charge on any atom is 0.261 e. The van der Waals surface area contributed by atoms with E-state index in [9.17, 15) is 9.59 Å². The van der Waals surface area contributed by atoms with E-state index < -0.39 is 6.04 Å². The van der Waals surface area contributed by atoms with Crippen molar-refractivity contribution in [1.29, 1.82) is 5.26 Å². The number of carbonyl (C=O) groups excluding carboxylic acids is 2. The molecule has 1 atom stereocenters. The lowest BCUT2D eigenvalue weighted by Crippen LogP contribution is -2.48. The van der Waals surface area contributed by atoms with Gasteiger partial charge in [-0.25, -0.2) is 0 Å². The smallest absolute Gasteiger partial charge is 0.261 e. The summed E-state index contributed by atoms with van der Waals surface area (Å²) in [5.41, 5.74) is 1.28. The Morgan fingerprint density at radius 2 is 2.11 bits per heavy atom. The second kappa shape index (κ2) is 5.01. The molecule has 4 heteroatoms. The van der Waals surface area contributed by atoms with Crippen molar-refractivity contribution >= 4 is 11.8 Å². The summed E-state index contributed by atoms with van der Waals surface area (Å²) in [5.74, 6) is -0.624. The fourth-order valence-electron chi connectivity index (χ4n) is 2.21. The highest BCUT2D eigenvalue weighted by Gasteiger charge is 2.35. The van der Waals surface area contributed by atoms with E-state index >= 15 is 0 Å². The van der Waals surface area contributed by atoms with E-state index in [1.54, 1.807) is 18.2 Å². The molecular formula is C14H14N2O2. The number of benzene rings is 1. The molecule has 2 rings (SSSR count). The molecule has 0 N–H and O–H groups in total. The minimum absolute atomic E-state index is 0.198. The molecule has 1 aliphatic heterocycles. The summed E-state index contributed by atoms with van der Waals surface area (Å²) in [5, 5.41) is 9.10. The highest BCUT2D eigenvalue weighted by Crippen LogP contribution is 2.22. The van der Waals surface area contributed by atoms with Crippen molar-refractivity contribution in [3.63, 3.8) is 0 Å². The van der Waals surface area contributed by atoms with Gasteiger partial charge in [-0.3, -0.25) is 14.5 Å². The van der Waals surface area contributed by atoms with Gasteiger partial charge in [-0.1, -0.05) is 31.5 Å². The highest BCUT2D eigenvalue weighted by atomic mass is 16.2. The van der Waals surface area contributed by atoms with Crippen molar-refractivity contribution in [2.24, 2.45) is 0 Å². The Hall–Kier alpha value is -2.15. The number of imide groups is 1. The first-order chi connectivity index (χ1) is 8.69. The molecule has 0 aliphatic carbocycles. The summed E-state index contributed by atoms with van der Waals surface area (Å²) in [6.45, 7) is 1.93. The van der Waals surface area contributed by atoms with Gasteiger partial charge in [-0.2, -0.15) is 5.26 Å². The molecule has 1 unspecified atom stereocenters. The second-order valence-electron chi connectivity index (χ2n) is 4.34. The zero-order valence-corrected chi connectivity index (χ0v) is 10.2. The molecule has 1 aromatic rings. The summed E-state index contributed by atoms with van der Waals surface area (Å²) < 4.78 is 0. The number of rotatable bonds is 3. The predicted molar refractivity (Wildman–Crippen MR) is 65.6 cm³/mol. The number of amides is 2. The zero-order valence-electron chi connectivity index (χ0n) is 10.2. The Morgan fingerprint density at radius 3 is 2.78 bits per heavy atom. The molecule has 4 nitrogen and oxygen atoms in total. The minimum Gasteiger partial charge on any atom is -0.274 e. The Bertz CT molecular complexity index is 531. The van der Waals surface area contributed by atoms with Crippen LogP contribution in [0.2, 0.25) is 0 Å². The van der Waals surface area contributed by atoms with Crippen LogP contribution < -0.4 is 0 Å². The third kappa shape index (κ3) is 2.00. The van der Waals surface area contributed by atoms with Gasteiger partial charge in [0.25, 0.3) is 5.91 Å². The molecule has 1 aliphatic rings. The third-order valence-corrected chi connectivity index (χ3v) is 3.10. The van der Waals surface area contributed by atoms with Crippen molar-refractivity contribution < 1.29 is 9.59 Å². The molecule has 18 heavy (non-hydrogen) atoms. The summed E-state index contributed by atoms with van der Waals surface area (Å²) in [6, 6.07) is 8.46. The predicted octanol–water partition coefficient (Wildman–Crippen LogP) is 1.90. The third-order valence-electron chi connectivity index (χ3n) is 3.10. The number of nitrogens with zero attached hydrogens (tertiary/aromatic N) is 2. The lowest BCUT2D eigenvalue weighted by atomic mass is 9.96. The Morgan fingerprint density at radius 1 is 1.39 bits per heavy atom. The molecule has 1 heterocycles. The molecule has 0 spiro atoms. The molecular weight excluding hydrogens is 228 g/mol. The van der Waals surface area contributed by atoms with Gasteiger partial charge in [0.2, 0.25) is 5.91 Å². The van der Waals surface area contributed by atoms with E-state index in [1.807, 2.05) is 19.1 Å². The van der Waals surface area contributed by atoms with Crippen LogP contribution in [0, 0.1) is 11.3 Å². The van der Waals surface area contributed by atoms with Gasteiger partial charge in [-0.15, -0.1) is 0 Å². The molecule has 0 aromatic heterocycles. The monoisotopic (exact) mass is 242 g/mol. The average Bonchev–Trinajstić information content (AvgIpc) is 2.37. The van der Waals surface area contributed by atoms with Crippen LogP contribution in [0.3, 0.4) is 0 Å². The lowest BCUT2D eigenvalue weighted by molar-refractivity contribution is -0.129. The van der Waals surface area contributed by atoms with Gasteiger partial charge in [0.1, 0.15) is 6.04 Å². The van der Waals surface area contributed by atoms with Gasteiger partial charge in [0.15, 0.2) is 0 Å². The first-order valence-corrected chi connectivity index (χ1v) is 6.03. The van der Waals surface area contributed by atoms with E-state index in [1.165, 1.54) is 0 Å². The Kier molecular flexibility index (Phi) is 3.42. The summed E-state index contributed by atoms with van der Waals surface area (Å²) >= 11 is 0. The minimum atomic E-state index is -0.650. The maximum atomic E-state index is 12.3. The van der Waals surface area contributed by atoms with Crippen LogP contribution in [0.5, 0.6) is 0 Å². The molecule has 2 amide bonds. The lowest BCUT2D eigenvalue weighted by Gasteiger charge is -2.30. The Balaban J connectivity index is 2.38. The van der Waals surface area contributed by atoms with Crippen molar-refractivity contribution in [2.45, 2.75) is 32.2 Å². The molecule has 0 radical (unpaired) electrons. The number of hydrogen-bond acceptors (Lipinski definition) is 3. The van der Waals surface area contributed by atoms with E-state index in [-0.39, 0.29) is 18.2 Å². The van der Waals surface area contributed by atoms with Crippen molar-refractivity contribution in [3.05, 3.63) is 35.4 Å². The quantitative estimate of drug-likeness (QED) is 0.760. The van der Waals surface area contributed by atoms with Crippen LogP contribution in [0.25, 0.3) is 0 Å². The van der Waals surface area contributed by atoms with Gasteiger partial charge in [0.05, 0.1) is 12.5 Å². The molecule has 0 fully saturated rings. The Labute approximate surface area is 106 Å². The summed E-state index contributed by atoms with van der Waals surface area (Å²) in [6.07, 6.45) is 1.48. The van der Waals surface area contributed by atoms with E-state index in [0.29, 0.717) is 12.0 Å². The largest absolute Gasteiger partial charge is 0.274 e. The SMILES string of the molecule is CCCC(C#N)N1C(=O)Cc2ccccc2C1=O. The highest BCUT2D eigenvalue weighted by molar-refractivity contribution is 6.10. The van der Waals surface area contributed by atoms with E-state index in [4.69, 9.17) is 5.26 Å². The fourth-order valence-corrected chi connectivity index (χ4v) is 2.21. The standard InChI is InChI=1S/C14H14N2O2/c1-2-5-11(9-15)16-13(17)8-10-6-3-4-7-12(10)14(16)18/h3-4,6-7,11H,2,5,8H2,1H3. The molecule has 0 saturated carbocycles. The normalized spacial score (nSPS) is 16.1. The van der Waals surface area contributed by atoms with Crippen LogP contribution in [0.4, 0.5) is 0 Å².